The molecular weight excluding hydrogens is 258 g/mol. The van der Waals surface area contributed by atoms with E-state index in [1.165, 1.54) is 31.5 Å². The fourth-order valence-corrected chi connectivity index (χ4v) is 2.32. The molecule has 0 aliphatic carbocycles. The van der Waals surface area contributed by atoms with Crippen molar-refractivity contribution < 1.29 is 0 Å². The summed E-state index contributed by atoms with van der Waals surface area (Å²) in [6.07, 6.45) is 3.87. The summed E-state index contributed by atoms with van der Waals surface area (Å²) < 4.78 is 0. The second-order valence-corrected chi connectivity index (χ2v) is 6.43. The van der Waals surface area contributed by atoms with Crippen molar-refractivity contribution in [2.45, 2.75) is 79.1 Å². The molecule has 0 aromatic carbocycles. The van der Waals surface area contributed by atoms with Gasteiger partial charge in [-0.2, -0.15) is 0 Å². The average molecular weight is 291 g/mol. The fourth-order valence-electron chi connectivity index (χ4n) is 2.32. The van der Waals surface area contributed by atoms with Gasteiger partial charge in [-0.05, 0) is 38.9 Å². The second-order valence-electron chi connectivity index (χ2n) is 6.43. The zero-order valence-corrected chi connectivity index (χ0v) is 14.5. The first kappa shape index (κ1) is 18.1. The molecular formula is C18H33N3. The highest BCUT2D eigenvalue weighted by Gasteiger charge is 2.10. The molecule has 0 aliphatic heterocycles. The third-order valence-corrected chi connectivity index (χ3v) is 3.70. The lowest BCUT2D eigenvalue weighted by Crippen LogP contribution is -2.32. The molecule has 1 rings (SSSR count). The third kappa shape index (κ3) is 7.58. The molecule has 0 radical (unpaired) electrons. The summed E-state index contributed by atoms with van der Waals surface area (Å²) in [6.45, 7) is 14.1. The summed E-state index contributed by atoms with van der Waals surface area (Å²) in [4.78, 5) is 7.32. The van der Waals surface area contributed by atoms with Crippen LogP contribution in [-0.4, -0.2) is 28.5 Å². The van der Waals surface area contributed by atoms with E-state index >= 15 is 0 Å². The van der Waals surface area contributed by atoms with Crippen LogP contribution >= 0.6 is 0 Å². The lowest BCUT2D eigenvalue weighted by atomic mass is 10.2. The number of hydrogen-bond acceptors (Lipinski definition) is 3. The lowest BCUT2D eigenvalue weighted by Gasteiger charge is -2.26. The fraction of sp³-hybridized carbons (Fsp3) is 0.722. The first-order chi connectivity index (χ1) is 10.0. The van der Waals surface area contributed by atoms with E-state index in [1.54, 1.807) is 0 Å². The van der Waals surface area contributed by atoms with Crippen LogP contribution in [0.3, 0.4) is 0 Å². The van der Waals surface area contributed by atoms with Crippen LogP contribution in [0.4, 0.5) is 0 Å². The van der Waals surface area contributed by atoms with Crippen LogP contribution < -0.4 is 5.32 Å². The molecule has 1 heterocycles. The Morgan fingerprint density at radius 2 is 1.81 bits per heavy atom. The summed E-state index contributed by atoms with van der Waals surface area (Å²) in [5.74, 6) is 0. The van der Waals surface area contributed by atoms with Crippen LogP contribution in [-0.2, 0) is 13.1 Å². The Bertz CT molecular complexity index is 388. The maximum absolute atomic E-state index is 4.79. The van der Waals surface area contributed by atoms with E-state index in [-0.39, 0.29) is 0 Å². The predicted octanol–water partition coefficient (Wildman–Crippen LogP) is 3.98. The number of unbranched alkanes of at least 4 members (excludes halogenated alkanes) is 2. The van der Waals surface area contributed by atoms with E-state index in [1.807, 2.05) is 0 Å². The Morgan fingerprint density at radius 1 is 1.10 bits per heavy atom. The number of nitrogens with zero attached hydrogens (tertiary/aromatic N) is 2. The zero-order chi connectivity index (χ0) is 15.7. The minimum absolute atomic E-state index is 0.497. The van der Waals surface area contributed by atoms with Gasteiger partial charge in [0.15, 0.2) is 0 Å². The highest BCUT2D eigenvalue weighted by molar-refractivity contribution is 5.11. The van der Waals surface area contributed by atoms with Gasteiger partial charge < -0.3 is 5.32 Å². The maximum atomic E-state index is 4.79. The molecule has 0 atom stereocenters. The maximum Gasteiger partial charge on any atom is 0.0547 e. The molecule has 1 aromatic heterocycles. The number of hydrogen-bond donors (Lipinski definition) is 1. The van der Waals surface area contributed by atoms with E-state index in [2.05, 4.69) is 63.0 Å². The summed E-state index contributed by atoms with van der Waals surface area (Å²) in [7, 11) is 0. The van der Waals surface area contributed by atoms with Crippen LogP contribution in [0.5, 0.6) is 0 Å². The molecule has 0 bridgehead atoms. The second kappa shape index (κ2) is 9.91. The van der Waals surface area contributed by atoms with Gasteiger partial charge in [-0.15, -0.1) is 0 Å². The Labute approximate surface area is 131 Å². The highest BCUT2D eigenvalue weighted by Crippen LogP contribution is 2.09. The highest BCUT2D eigenvalue weighted by atomic mass is 15.1. The molecule has 0 fully saturated rings. The van der Waals surface area contributed by atoms with Crippen molar-refractivity contribution in [3.63, 3.8) is 0 Å². The van der Waals surface area contributed by atoms with Gasteiger partial charge in [-0.1, -0.05) is 39.7 Å². The molecule has 0 aliphatic rings. The van der Waals surface area contributed by atoms with Crippen LogP contribution in [0.2, 0.25) is 0 Å². The number of pyridine rings is 1. The summed E-state index contributed by atoms with van der Waals surface area (Å²) in [5.41, 5.74) is 2.32. The SMILES string of the molecule is CCCCCN(Cc1cccc(CNC(C)C)n1)C(C)C. The topological polar surface area (TPSA) is 28.2 Å². The molecule has 3 nitrogen and oxygen atoms in total. The number of aromatic nitrogens is 1. The van der Waals surface area contributed by atoms with Crippen molar-refractivity contribution in [1.29, 1.82) is 0 Å². The third-order valence-electron chi connectivity index (χ3n) is 3.70. The Kier molecular flexibility index (Phi) is 8.55. The Balaban J connectivity index is 2.59. The lowest BCUT2D eigenvalue weighted by molar-refractivity contribution is 0.206. The average Bonchev–Trinajstić information content (AvgIpc) is 2.44. The number of nitrogens with one attached hydrogen (secondary N) is 1. The zero-order valence-electron chi connectivity index (χ0n) is 14.5. The first-order valence-electron chi connectivity index (χ1n) is 8.45. The van der Waals surface area contributed by atoms with Gasteiger partial charge in [0.2, 0.25) is 0 Å². The van der Waals surface area contributed by atoms with Crippen LogP contribution in [0.25, 0.3) is 0 Å². The summed E-state index contributed by atoms with van der Waals surface area (Å²) in [6, 6.07) is 7.45. The van der Waals surface area contributed by atoms with Crippen molar-refractivity contribution in [3.05, 3.63) is 29.6 Å². The van der Waals surface area contributed by atoms with Gasteiger partial charge in [0.25, 0.3) is 0 Å². The Hall–Kier alpha value is -0.930. The van der Waals surface area contributed by atoms with Crippen LogP contribution in [0.15, 0.2) is 18.2 Å². The van der Waals surface area contributed by atoms with Crippen molar-refractivity contribution in [1.82, 2.24) is 15.2 Å². The molecule has 1 aromatic rings. The van der Waals surface area contributed by atoms with Crippen molar-refractivity contribution >= 4 is 0 Å². The molecule has 0 spiro atoms. The van der Waals surface area contributed by atoms with Crippen LogP contribution in [0, 0.1) is 0 Å². The molecule has 120 valence electrons. The number of rotatable bonds is 10. The molecule has 0 saturated heterocycles. The van der Waals surface area contributed by atoms with E-state index in [9.17, 15) is 0 Å². The van der Waals surface area contributed by atoms with Crippen molar-refractivity contribution in [2.24, 2.45) is 0 Å². The molecule has 3 heteroatoms. The first-order valence-corrected chi connectivity index (χ1v) is 8.45. The molecule has 0 unspecified atom stereocenters. The minimum atomic E-state index is 0.497. The van der Waals surface area contributed by atoms with E-state index in [4.69, 9.17) is 4.98 Å². The van der Waals surface area contributed by atoms with Crippen molar-refractivity contribution in [2.75, 3.05) is 6.54 Å². The van der Waals surface area contributed by atoms with Gasteiger partial charge in [-0.3, -0.25) is 9.88 Å². The summed E-state index contributed by atoms with van der Waals surface area (Å²) in [5, 5.41) is 3.43. The minimum Gasteiger partial charge on any atom is -0.309 e. The normalized spacial score (nSPS) is 11.8. The van der Waals surface area contributed by atoms with Crippen molar-refractivity contribution in [3.8, 4) is 0 Å². The van der Waals surface area contributed by atoms with Gasteiger partial charge in [0, 0.05) is 25.2 Å². The van der Waals surface area contributed by atoms with Gasteiger partial charge in [0.1, 0.15) is 0 Å². The van der Waals surface area contributed by atoms with Gasteiger partial charge >= 0.3 is 0 Å². The van der Waals surface area contributed by atoms with E-state index < -0.39 is 0 Å². The summed E-state index contributed by atoms with van der Waals surface area (Å²) >= 11 is 0. The van der Waals surface area contributed by atoms with Crippen LogP contribution in [0.1, 0.15) is 65.3 Å². The molecule has 0 saturated carbocycles. The van der Waals surface area contributed by atoms with Gasteiger partial charge in [-0.25, -0.2) is 0 Å². The quantitative estimate of drug-likeness (QED) is 0.661. The smallest absolute Gasteiger partial charge is 0.0547 e. The molecule has 1 N–H and O–H groups in total. The van der Waals surface area contributed by atoms with E-state index in [0.29, 0.717) is 12.1 Å². The van der Waals surface area contributed by atoms with Gasteiger partial charge in [0.05, 0.1) is 11.4 Å². The molecule has 21 heavy (non-hydrogen) atoms. The predicted molar refractivity (Wildman–Crippen MR) is 91.3 cm³/mol. The van der Waals surface area contributed by atoms with E-state index in [0.717, 1.165) is 18.8 Å². The standard InChI is InChI=1S/C18H33N3/c1-6-7-8-12-21(16(4)5)14-18-11-9-10-17(20-18)13-19-15(2)3/h9-11,15-16,19H,6-8,12-14H2,1-5H3. The monoisotopic (exact) mass is 291 g/mol. The largest absolute Gasteiger partial charge is 0.309 e. The Morgan fingerprint density at radius 3 is 2.43 bits per heavy atom. The molecule has 0 amide bonds.